The smallest absolute Gasteiger partial charge is 0.161 e. The number of nitrogens with zero attached hydrogens (tertiary/aromatic N) is 1. The van der Waals surface area contributed by atoms with Crippen molar-refractivity contribution >= 4 is 15.5 Å². The molecule has 2 nitrogen and oxygen atoms in total. The Morgan fingerprint density at radius 1 is 1.43 bits per heavy atom. The first kappa shape index (κ1) is 13.8. The zero-order valence-corrected chi connectivity index (χ0v) is 11.6. The molecule has 0 aromatic rings. The number of rotatable bonds is 8. The minimum atomic E-state index is -0.225. The van der Waals surface area contributed by atoms with E-state index in [4.69, 9.17) is 4.43 Å². The van der Waals surface area contributed by atoms with E-state index in [0.29, 0.717) is 0 Å². The van der Waals surface area contributed by atoms with Gasteiger partial charge in [-0.05, 0) is 38.7 Å². The van der Waals surface area contributed by atoms with E-state index in [0.717, 1.165) is 25.5 Å². The van der Waals surface area contributed by atoms with Crippen LogP contribution in [0.3, 0.4) is 0 Å². The second-order valence-electron chi connectivity index (χ2n) is 4.12. The number of aliphatic imine (C=N–C) groups is 1. The van der Waals surface area contributed by atoms with Crippen molar-refractivity contribution < 1.29 is 4.43 Å². The molecule has 0 saturated heterocycles. The fourth-order valence-corrected chi connectivity index (χ4v) is 2.31. The summed E-state index contributed by atoms with van der Waals surface area (Å²) < 4.78 is 5.40. The van der Waals surface area contributed by atoms with Gasteiger partial charge in [0.05, 0.1) is 0 Å². The van der Waals surface area contributed by atoms with Crippen molar-refractivity contribution in [3.05, 3.63) is 0 Å². The van der Waals surface area contributed by atoms with E-state index in [9.17, 15) is 0 Å². The maximum atomic E-state index is 5.40. The highest BCUT2D eigenvalue weighted by Gasteiger charge is 1.96. The van der Waals surface area contributed by atoms with Gasteiger partial charge in [0, 0.05) is 18.9 Å². The highest BCUT2D eigenvalue weighted by Crippen LogP contribution is 2.01. The van der Waals surface area contributed by atoms with Gasteiger partial charge in [-0.3, -0.25) is 4.99 Å². The largest absolute Gasteiger partial charge is 0.424 e. The second kappa shape index (κ2) is 9.40. The first-order chi connectivity index (χ1) is 6.66. The van der Waals surface area contributed by atoms with Gasteiger partial charge in [0.1, 0.15) is 0 Å². The molecule has 0 aliphatic carbocycles. The molecule has 0 amide bonds. The Hall–Kier alpha value is -0.153. The number of hydrogen-bond acceptors (Lipinski definition) is 2. The van der Waals surface area contributed by atoms with Gasteiger partial charge in [0.15, 0.2) is 9.76 Å². The van der Waals surface area contributed by atoms with E-state index in [-0.39, 0.29) is 9.76 Å². The third kappa shape index (κ3) is 9.93. The van der Waals surface area contributed by atoms with Crippen molar-refractivity contribution in [2.45, 2.75) is 46.6 Å². The highest BCUT2D eigenvalue weighted by atomic mass is 28.2. The first-order valence-electron chi connectivity index (χ1n) is 5.74. The van der Waals surface area contributed by atoms with Crippen LogP contribution in [0.5, 0.6) is 0 Å². The highest BCUT2D eigenvalue weighted by molar-refractivity contribution is 6.26. The summed E-state index contributed by atoms with van der Waals surface area (Å²) >= 11 is 0. The summed E-state index contributed by atoms with van der Waals surface area (Å²) in [6.45, 7) is 10.6. The molecule has 0 aliphatic heterocycles. The lowest BCUT2D eigenvalue weighted by atomic mass is 10.1. The summed E-state index contributed by atoms with van der Waals surface area (Å²) in [4.78, 5) is 4.55. The van der Waals surface area contributed by atoms with Crippen molar-refractivity contribution in [2.24, 2.45) is 10.9 Å². The Labute approximate surface area is 91.1 Å². The van der Waals surface area contributed by atoms with E-state index < -0.39 is 0 Å². The molecule has 0 aromatic carbocycles. The summed E-state index contributed by atoms with van der Waals surface area (Å²) in [7, 11) is -0.225. The summed E-state index contributed by atoms with van der Waals surface area (Å²) in [6.07, 6.45) is 2.35. The Morgan fingerprint density at radius 3 is 2.71 bits per heavy atom. The second-order valence-corrected chi connectivity index (χ2v) is 5.64. The lowest BCUT2D eigenvalue weighted by molar-refractivity contribution is 0.359. The molecule has 84 valence electrons. The molecular weight excluding hydrogens is 190 g/mol. The third-order valence-corrected chi connectivity index (χ3v) is 3.47. The molecule has 0 bridgehead atoms. The Balaban J connectivity index is 3.32. The molecule has 14 heavy (non-hydrogen) atoms. The van der Waals surface area contributed by atoms with Crippen LogP contribution in [0.25, 0.3) is 0 Å². The van der Waals surface area contributed by atoms with Crippen LogP contribution in [0.2, 0.25) is 6.04 Å². The molecule has 0 rings (SSSR count). The molecular formula is C11H25NOSi. The first-order valence-corrected chi connectivity index (χ1v) is 7.32. The summed E-state index contributed by atoms with van der Waals surface area (Å²) in [5.74, 6) is 0.733. The molecule has 0 fully saturated rings. The van der Waals surface area contributed by atoms with Crippen LogP contribution < -0.4 is 0 Å². The van der Waals surface area contributed by atoms with E-state index in [1.807, 2.05) is 0 Å². The van der Waals surface area contributed by atoms with E-state index >= 15 is 0 Å². The van der Waals surface area contributed by atoms with Gasteiger partial charge in [-0.25, -0.2) is 0 Å². The van der Waals surface area contributed by atoms with Crippen LogP contribution in [0.15, 0.2) is 4.99 Å². The quantitative estimate of drug-likeness (QED) is 0.346. The normalized spacial score (nSPS) is 13.4. The van der Waals surface area contributed by atoms with Crippen molar-refractivity contribution in [2.75, 3.05) is 13.2 Å². The zero-order chi connectivity index (χ0) is 10.8. The van der Waals surface area contributed by atoms with Gasteiger partial charge < -0.3 is 4.43 Å². The maximum absolute atomic E-state index is 5.40. The standard InChI is InChI=1S/C11H25NOSi/c1-5-13-14-8-6-7-12-11(4)9-10(2)3/h10H,5-9,14H2,1-4H3/b12-11+. The van der Waals surface area contributed by atoms with Gasteiger partial charge in [0.2, 0.25) is 0 Å². The summed E-state index contributed by atoms with van der Waals surface area (Å²) in [6, 6.07) is 1.27. The van der Waals surface area contributed by atoms with Crippen LogP contribution in [0, 0.1) is 5.92 Å². The third-order valence-electron chi connectivity index (χ3n) is 1.99. The molecule has 0 aromatic heterocycles. The lowest BCUT2D eigenvalue weighted by Gasteiger charge is -2.04. The SMILES string of the molecule is CCO[SiH2]CCC/N=C(\C)CC(C)C. The Kier molecular flexibility index (Phi) is 9.30. The Bertz CT molecular complexity index is 157. The predicted molar refractivity (Wildman–Crippen MR) is 67.0 cm³/mol. The van der Waals surface area contributed by atoms with Gasteiger partial charge in [-0.15, -0.1) is 0 Å². The minimum Gasteiger partial charge on any atom is -0.424 e. The van der Waals surface area contributed by atoms with Crippen LogP contribution in [0.4, 0.5) is 0 Å². The Morgan fingerprint density at radius 2 is 2.14 bits per heavy atom. The van der Waals surface area contributed by atoms with Crippen LogP contribution in [-0.4, -0.2) is 28.6 Å². The van der Waals surface area contributed by atoms with Crippen molar-refractivity contribution in [1.29, 1.82) is 0 Å². The van der Waals surface area contributed by atoms with E-state index in [2.05, 4.69) is 32.7 Å². The molecule has 0 unspecified atom stereocenters. The molecule has 0 atom stereocenters. The monoisotopic (exact) mass is 215 g/mol. The molecule has 3 heteroatoms. The molecule has 0 saturated carbocycles. The average Bonchev–Trinajstić information content (AvgIpc) is 2.10. The van der Waals surface area contributed by atoms with Crippen LogP contribution >= 0.6 is 0 Å². The lowest BCUT2D eigenvalue weighted by Crippen LogP contribution is -2.01. The van der Waals surface area contributed by atoms with Gasteiger partial charge in [-0.1, -0.05) is 13.8 Å². The number of hydrogen-bond donors (Lipinski definition) is 0. The molecule has 0 heterocycles. The van der Waals surface area contributed by atoms with E-state index in [1.165, 1.54) is 18.2 Å². The minimum absolute atomic E-state index is 0.225. The topological polar surface area (TPSA) is 21.6 Å². The average molecular weight is 215 g/mol. The van der Waals surface area contributed by atoms with Crippen molar-refractivity contribution in [3.8, 4) is 0 Å². The van der Waals surface area contributed by atoms with Crippen molar-refractivity contribution in [3.63, 3.8) is 0 Å². The molecule has 0 radical (unpaired) electrons. The van der Waals surface area contributed by atoms with Crippen molar-refractivity contribution in [1.82, 2.24) is 0 Å². The zero-order valence-electron chi connectivity index (χ0n) is 10.2. The fourth-order valence-electron chi connectivity index (χ4n) is 1.39. The molecule has 0 N–H and O–H groups in total. The van der Waals surface area contributed by atoms with Gasteiger partial charge in [-0.2, -0.15) is 0 Å². The predicted octanol–water partition coefficient (Wildman–Crippen LogP) is 2.42. The van der Waals surface area contributed by atoms with Gasteiger partial charge >= 0.3 is 0 Å². The van der Waals surface area contributed by atoms with E-state index in [1.54, 1.807) is 0 Å². The summed E-state index contributed by atoms with van der Waals surface area (Å²) in [5, 5.41) is 0. The van der Waals surface area contributed by atoms with Gasteiger partial charge in [0.25, 0.3) is 0 Å². The van der Waals surface area contributed by atoms with Crippen LogP contribution in [0.1, 0.15) is 40.5 Å². The molecule has 0 spiro atoms. The fraction of sp³-hybridized carbons (Fsp3) is 0.909. The maximum Gasteiger partial charge on any atom is 0.161 e. The summed E-state index contributed by atoms with van der Waals surface area (Å²) in [5.41, 5.74) is 1.30. The molecule has 0 aliphatic rings. The van der Waals surface area contributed by atoms with Crippen LogP contribution in [-0.2, 0) is 4.43 Å².